The van der Waals surface area contributed by atoms with Crippen LogP contribution < -0.4 is 5.32 Å². The topological polar surface area (TPSA) is 45.1 Å². The summed E-state index contributed by atoms with van der Waals surface area (Å²) in [7, 11) is 0. The zero-order valence-corrected chi connectivity index (χ0v) is 16.0. The summed E-state index contributed by atoms with van der Waals surface area (Å²) in [6, 6.07) is 12.1. The number of phenols is 1. The normalized spacial score (nSPS) is 11.0. The smallest absolute Gasteiger partial charge is 0.156 e. The maximum Gasteiger partial charge on any atom is 0.156 e. The summed E-state index contributed by atoms with van der Waals surface area (Å²) in [4.78, 5) is 4.59. The molecule has 0 spiro atoms. The number of benzene rings is 2. The molecule has 2 aromatic carbocycles. The van der Waals surface area contributed by atoms with Crippen LogP contribution in [0.4, 0.5) is 5.69 Å². The van der Waals surface area contributed by atoms with Crippen molar-refractivity contribution < 1.29 is 5.11 Å². The van der Waals surface area contributed by atoms with Gasteiger partial charge in [-0.2, -0.15) is 0 Å². The molecule has 0 unspecified atom stereocenters. The molecule has 1 heterocycles. The van der Waals surface area contributed by atoms with Gasteiger partial charge < -0.3 is 10.4 Å². The van der Waals surface area contributed by atoms with Gasteiger partial charge in [0.1, 0.15) is 5.52 Å². The van der Waals surface area contributed by atoms with E-state index in [1.165, 1.54) is 11.1 Å². The Kier molecular flexibility index (Phi) is 4.60. The van der Waals surface area contributed by atoms with E-state index in [0.29, 0.717) is 16.5 Å². The molecule has 0 aliphatic rings. The largest absolute Gasteiger partial charge is 0.505 e. The lowest BCUT2D eigenvalue weighted by Gasteiger charge is -2.11. The minimum atomic E-state index is 0.163. The van der Waals surface area contributed by atoms with E-state index in [2.05, 4.69) is 74.2 Å². The van der Waals surface area contributed by atoms with Gasteiger partial charge in [0.15, 0.2) is 5.75 Å². The Labute approximate surface area is 152 Å². The molecule has 3 nitrogen and oxygen atoms in total. The average Bonchev–Trinajstić information content (AvgIpc) is 2.52. The van der Waals surface area contributed by atoms with Crippen molar-refractivity contribution in [2.24, 2.45) is 0 Å². The van der Waals surface area contributed by atoms with Crippen molar-refractivity contribution in [3.8, 4) is 5.75 Å². The number of anilines is 1. The lowest BCUT2D eigenvalue weighted by Crippen LogP contribution is -2.03. The number of hydrogen-bond donors (Lipinski definition) is 2. The highest BCUT2D eigenvalue weighted by molar-refractivity contribution is 9.11. The number of nitrogens with zero attached hydrogens (tertiary/aromatic N) is 1. The van der Waals surface area contributed by atoms with Gasteiger partial charge in [0.05, 0.1) is 16.7 Å². The van der Waals surface area contributed by atoms with E-state index in [9.17, 15) is 5.11 Å². The maximum atomic E-state index is 10.2. The van der Waals surface area contributed by atoms with Crippen molar-refractivity contribution in [2.45, 2.75) is 20.4 Å². The molecule has 5 heteroatoms. The van der Waals surface area contributed by atoms with E-state index in [0.717, 1.165) is 21.2 Å². The van der Waals surface area contributed by atoms with Crippen molar-refractivity contribution in [3.05, 3.63) is 62.2 Å². The van der Waals surface area contributed by atoms with Gasteiger partial charge in [0.2, 0.25) is 0 Å². The van der Waals surface area contributed by atoms with Crippen LogP contribution in [0.3, 0.4) is 0 Å². The summed E-state index contributed by atoms with van der Waals surface area (Å²) < 4.78 is 1.53. The summed E-state index contributed by atoms with van der Waals surface area (Å²) in [5.41, 5.74) is 5.01. The van der Waals surface area contributed by atoms with Crippen LogP contribution in [0.15, 0.2) is 45.3 Å². The number of aromatic nitrogens is 1. The lowest BCUT2D eigenvalue weighted by atomic mass is 10.1. The number of aryl methyl sites for hydroxylation is 2. The van der Waals surface area contributed by atoms with Crippen LogP contribution in [-0.2, 0) is 6.54 Å². The number of phenolic OH excluding ortho intramolecular Hbond substituents is 1. The Bertz CT molecular complexity index is 894. The second-order valence-electron chi connectivity index (χ2n) is 5.56. The predicted molar refractivity (Wildman–Crippen MR) is 102 cm³/mol. The van der Waals surface area contributed by atoms with Gasteiger partial charge in [0, 0.05) is 15.5 Å². The summed E-state index contributed by atoms with van der Waals surface area (Å²) >= 11 is 6.85. The number of nitrogens with one attached hydrogen (secondary N) is 1. The summed E-state index contributed by atoms with van der Waals surface area (Å²) in [5.74, 6) is 0.163. The number of fused-ring (bicyclic) bond motifs is 1. The quantitative estimate of drug-likeness (QED) is 0.555. The molecular weight excluding hydrogens is 420 g/mol. The van der Waals surface area contributed by atoms with E-state index in [-0.39, 0.29) is 5.75 Å². The molecule has 2 N–H and O–H groups in total. The second-order valence-corrected chi connectivity index (χ2v) is 7.27. The first-order valence-electron chi connectivity index (χ1n) is 7.23. The van der Waals surface area contributed by atoms with Gasteiger partial charge in [-0.15, -0.1) is 0 Å². The fraction of sp³-hybridized carbons (Fsp3) is 0.167. The van der Waals surface area contributed by atoms with Gasteiger partial charge >= 0.3 is 0 Å². The molecular formula is C18H16Br2N2O. The van der Waals surface area contributed by atoms with Crippen LogP contribution >= 0.6 is 31.9 Å². The molecule has 0 amide bonds. The fourth-order valence-electron chi connectivity index (χ4n) is 2.54. The molecule has 0 bridgehead atoms. The van der Waals surface area contributed by atoms with Crippen molar-refractivity contribution in [3.63, 3.8) is 0 Å². The third-order valence-electron chi connectivity index (χ3n) is 3.76. The monoisotopic (exact) mass is 434 g/mol. The lowest BCUT2D eigenvalue weighted by molar-refractivity contribution is 0.477. The maximum absolute atomic E-state index is 10.2. The number of pyridine rings is 1. The van der Waals surface area contributed by atoms with E-state index in [4.69, 9.17) is 0 Å². The van der Waals surface area contributed by atoms with Crippen molar-refractivity contribution in [1.82, 2.24) is 4.98 Å². The molecule has 3 rings (SSSR count). The molecule has 0 atom stereocenters. The Morgan fingerprint density at radius 2 is 1.83 bits per heavy atom. The molecule has 0 aliphatic heterocycles. The molecule has 23 heavy (non-hydrogen) atoms. The van der Waals surface area contributed by atoms with Crippen molar-refractivity contribution in [1.29, 1.82) is 0 Å². The average molecular weight is 436 g/mol. The first kappa shape index (κ1) is 16.3. The molecule has 0 saturated heterocycles. The molecule has 3 aromatic rings. The second kappa shape index (κ2) is 6.49. The molecule has 0 aliphatic carbocycles. The van der Waals surface area contributed by atoms with Gasteiger partial charge in [-0.1, -0.05) is 33.6 Å². The van der Waals surface area contributed by atoms with E-state index in [1.807, 2.05) is 18.2 Å². The number of rotatable bonds is 3. The predicted octanol–water partition coefficient (Wildman–Crippen LogP) is 5.69. The highest BCUT2D eigenvalue weighted by Crippen LogP contribution is 2.36. The van der Waals surface area contributed by atoms with Crippen LogP contribution in [-0.4, -0.2) is 10.1 Å². The third kappa shape index (κ3) is 3.35. The summed E-state index contributed by atoms with van der Waals surface area (Å²) in [5, 5.41) is 14.5. The molecule has 1 aromatic heterocycles. The number of hydrogen-bond acceptors (Lipinski definition) is 3. The van der Waals surface area contributed by atoms with E-state index in [1.54, 1.807) is 0 Å². The highest BCUT2D eigenvalue weighted by Gasteiger charge is 2.11. The highest BCUT2D eigenvalue weighted by atomic mass is 79.9. The Balaban J connectivity index is 1.90. The van der Waals surface area contributed by atoms with Crippen LogP contribution in [0.5, 0.6) is 5.75 Å². The van der Waals surface area contributed by atoms with Crippen LogP contribution in [0.25, 0.3) is 10.9 Å². The third-order valence-corrected chi connectivity index (χ3v) is 5.02. The molecule has 0 saturated carbocycles. The fourth-order valence-corrected chi connectivity index (χ4v) is 3.81. The summed E-state index contributed by atoms with van der Waals surface area (Å²) in [6.07, 6.45) is 0. The summed E-state index contributed by atoms with van der Waals surface area (Å²) in [6.45, 7) is 4.77. The van der Waals surface area contributed by atoms with Crippen LogP contribution in [0.1, 0.15) is 16.8 Å². The first-order chi connectivity index (χ1) is 11.0. The van der Waals surface area contributed by atoms with E-state index < -0.39 is 0 Å². The SMILES string of the molecule is Cc1ccc(NCc2ccc3c(Br)cc(Br)c(O)c3n2)c(C)c1. The van der Waals surface area contributed by atoms with Crippen LogP contribution in [0, 0.1) is 13.8 Å². The molecule has 118 valence electrons. The van der Waals surface area contributed by atoms with Crippen molar-refractivity contribution >= 4 is 48.5 Å². The Morgan fingerprint density at radius 3 is 2.57 bits per heavy atom. The molecule has 0 fully saturated rings. The minimum Gasteiger partial charge on any atom is -0.505 e. The van der Waals surface area contributed by atoms with E-state index >= 15 is 0 Å². The van der Waals surface area contributed by atoms with Gasteiger partial charge in [-0.25, -0.2) is 4.98 Å². The Hall–Kier alpha value is -1.59. The standard InChI is InChI=1S/C18H16Br2N2O/c1-10-3-6-16(11(2)7-10)21-9-12-4-5-13-14(19)8-15(20)18(23)17(13)22-12/h3-8,21,23H,9H2,1-2H3. The van der Waals surface area contributed by atoms with Gasteiger partial charge in [-0.3, -0.25) is 0 Å². The van der Waals surface area contributed by atoms with Gasteiger partial charge in [0.25, 0.3) is 0 Å². The zero-order valence-electron chi connectivity index (χ0n) is 12.8. The zero-order chi connectivity index (χ0) is 16.6. The number of halogens is 2. The Morgan fingerprint density at radius 1 is 1.04 bits per heavy atom. The van der Waals surface area contributed by atoms with Gasteiger partial charge in [-0.05, 0) is 59.6 Å². The van der Waals surface area contributed by atoms with Crippen molar-refractivity contribution in [2.75, 3.05) is 5.32 Å². The molecule has 0 radical (unpaired) electrons. The number of aromatic hydroxyl groups is 1. The van der Waals surface area contributed by atoms with Crippen LogP contribution in [0.2, 0.25) is 0 Å². The minimum absolute atomic E-state index is 0.163. The first-order valence-corrected chi connectivity index (χ1v) is 8.82.